The minimum atomic E-state index is -0.389. The second-order valence-corrected chi connectivity index (χ2v) is 8.69. The number of carbonyl (C=O) groups excluding carboxylic acids is 1. The molecule has 0 saturated carbocycles. The van der Waals surface area contributed by atoms with E-state index in [1.165, 1.54) is 7.11 Å². The number of furan rings is 1. The van der Waals surface area contributed by atoms with Crippen molar-refractivity contribution in [2.75, 3.05) is 26.2 Å². The van der Waals surface area contributed by atoms with Crippen LogP contribution in [-0.2, 0) is 4.74 Å². The van der Waals surface area contributed by atoms with Crippen LogP contribution in [0.15, 0.2) is 83.4 Å². The summed E-state index contributed by atoms with van der Waals surface area (Å²) in [6.45, 7) is 0. The van der Waals surface area contributed by atoms with E-state index in [0.29, 0.717) is 33.7 Å². The Morgan fingerprint density at radius 1 is 1.00 bits per heavy atom. The van der Waals surface area contributed by atoms with Crippen LogP contribution >= 0.6 is 12.2 Å². The summed E-state index contributed by atoms with van der Waals surface area (Å²) in [6.07, 6.45) is 1.75. The maximum atomic E-state index is 11.8. The van der Waals surface area contributed by atoms with Gasteiger partial charge in [-0.3, -0.25) is 4.98 Å². The Kier molecular flexibility index (Phi) is 6.78. The maximum absolute atomic E-state index is 11.8. The summed E-state index contributed by atoms with van der Waals surface area (Å²) in [5.41, 5.74) is 2.89. The number of pyridine rings is 1. The second-order valence-electron chi connectivity index (χ2n) is 8.31. The first-order valence-corrected chi connectivity index (χ1v) is 12.0. The van der Waals surface area contributed by atoms with Crippen molar-refractivity contribution in [2.24, 2.45) is 0 Å². The van der Waals surface area contributed by atoms with Crippen LogP contribution < -0.4 is 19.7 Å². The number of hydrogen-bond donors (Lipinski definition) is 1. The van der Waals surface area contributed by atoms with Crippen LogP contribution in [0.5, 0.6) is 11.5 Å². The number of carbonyl (C=O) groups is 1. The molecule has 188 valence electrons. The zero-order valence-electron chi connectivity index (χ0n) is 20.5. The molecular formula is C28H25N3O5S. The molecule has 1 aliphatic rings. The molecule has 4 aromatic rings. The first-order valence-electron chi connectivity index (χ1n) is 11.5. The molecule has 37 heavy (non-hydrogen) atoms. The average molecular weight is 516 g/mol. The fraction of sp³-hybridized carbons (Fsp3) is 0.179. The molecule has 2 aromatic carbocycles. The Hall–Kier alpha value is -4.37. The molecule has 3 heterocycles. The van der Waals surface area contributed by atoms with Crippen molar-refractivity contribution in [3.8, 4) is 22.8 Å². The molecule has 1 aliphatic heterocycles. The second kappa shape index (κ2) is 10.3. The van der Waals surface area contributed by atoms with E-state index in [2.05, 4.69) is 10.3 Å². The third-order valence-corrected chi connectivity index (χ3v) is 6.57. The molecule has 9 heteroatoms. The van der Waals surface area contributed by atoms with Crippen LogP contribution in [0, 0.1) is 0 Å². The molecule has 1 N–H and O–H groups in total. The van der Waals surface area contributed by atoms with Crippen LogP contribution in [-0.4, -0.2) is 37.4 Å². The van der Waals surface area contributed by atoms with E-state index in [1.54, 1.807) is 32.5 Å². The minimum Gasteiger partial charge on any atom is -0.497 e. The summed E-state index contributed by atoms with van der Waals surface area (Å²) in [7, 11) is 4.58. The van der Waals surface area contributed by atoms with Gasteiger partial charge in [0.25, 0.3) is 0 Å². The number of esters is 1. The average Bonchev–Trinajstić information content (AvgIpc) is 3.57. The van der Waals surface area contributed by atoms with Gasteiger partial charge in [0, 0.05) is 17.8 Å². The molecule has 0 bridgehead atoms. The molecule has 2 aromatic heterocycles. The number of hydrogen-bond acceptors (Lipinski definition) is 7. The molecule has 0 aliphatic carbocycles. The van der Waals surface area contributed by atoms with Crippen molar-refractivity contribution >= 4 is 29.0 Å². The fourth-order valence-corrected chi connectivity index (χ4v) is 4.78. The van der Waals surface area contributed by atoms with E-state index in [-0.39, 0.29) is 18.1 Å². The predicted molar refractivity (Wildman–Crippen MR) is 143 cm³/mol. The van der Waals surface area contributed by atoms with E-state index >= 15 is 0 Å². The number of nitrogens with zero attached hydrogens (tertiary/aromatic N) is 2. The lowest BCUT2D eigenvalue weighted by Crippen LogP contribution is -2.29. The topological polar surface area (TPSA) is 86.1 Å². The highest BCUT2D eigenvalue weighted by Gasteiger charge is 2.43. The summed E-state index contributed by atoms with van der Waals surface area (Å²) in [5, 5.41) is 3.94. The lowest BCUT2D eigenvalue weighted by atomic mass is 10.0. The highest BCUT2D eigenvalue weighted by molar-refractivity contribution is 7.80. The zero-order valence-corrected chi connectivity index (χ0v) is 21.3. The zero-order chi connectivity index (χ0) is 25.9. The van der Waals surface area contributed by atoms with E-state index in [0.717, 1.165) is 16.9 Å². The number of anilines is 1. The van der Waals surface area contributed by atoms with Gasteiger partial charge in [0.05, 0.1) is 44.3 Å². The van der Waals surface area contributed by atoms with Gasteiger partial charge in [0.1, 0.15) is 29.1 Å². The standard InChI is InChI=1S/C28H25N3O5S/c1-33-19-11-12-21(24(16-19)34-2)31-26(25(30-28(31)37)20-6-4-5-15-29-20)23-14-13-22(36-23)17-7-9-18(10-8-17)27(32)35-3/h4-16,25-26H,1-3H3,(H,30,37). The molecule has 2 atom stereocenters. The van der Waals surface area contributed by atoms with Gasteiger partial charge in [0.2, 0.25) is 0 Å². The normalized spacial score (nSPS) is 16.8. The fourth-order valence-electron chi connectivity index (χ4n) is 4.44. The first kappa shape index (κ1) is 24.3. The summed E-state index contributed by atoms with van der Waals surface area (Å²) in [6, 6.07) is 21.6. The molecule has 0 spiro atoms. The highest BCUT2D eigenvalue weighted by atomic mass is 32.1. The molecule has 5 rings (SSSR count). The largest absolute Gasteiger partial charge is 0.497 e. The SMILES string of the molecule is COC(=O)c1ccc(-c2ccc(C3C(c4ccccn4)NC(=S)N3c3ccc(OC)cc3OC)o2)cc1. The summed E-state index contributed by atoms with van der Waals surface area (Å²) in [5.74, 6) is 2.24. The number of nitrogens with one attached hydrogen (secondary N) is 1. The van der Waals surface area contributed by atoms with E-state index in [9.17, 15) is 4.79 Å². The quantitative estimate of drug-likeness (QED) is 0.259. The van der Waals surface area contributed by atoms with Crippen molar-refractivity contribution < 1.29 is 23.4 Å². The van der Waals surface area contributed by atoms with Gasteiger partial charge in [-0.2, -0.15) is 0 Å². The Morgan fingerprint density at radius 3 is 2.49 bits per heavy atom. The van der Waals surface area contributed by atoms with Crippen molar-refractivity contribution in [1.29, 1.82) is 0 Å². The lowest BCUT2D eigenvalue weighted by Gasteiger charge is -2.27. The summed E-state index contributed by atoms with van der Waals surface area (Å²) >= 11 is 5.81. The van der Waals surface area contributed by atoms with Crippen LogP contribution in [0.25, 0.3) is 11.3 Å². The van der Waals surface area contributed by atoms with E-state index in [4.69, 9.17) is 30.8 Å². The Morgan fingerprint density at radius 2 is 1.81 bits per heavy atom. The van der Waals surface area contributed by atoms with Crippen LogP contribution in [0.2, 0.25) is 0 Å². The molecule has 0 amide bonds. The molecule has 1 saturated heterocycles. The number of rotatable bonds is 7. The van der Waals surface area contributed by atoms with Crippen LogP contribution in [0.4, 0.5) is 5.69 Å². The van der Waals surface area contributed by atoms with Gasteiger partial charge in [-0.1, -0.05) is 18.2 Å². The van der Waals surface area contributed by atoms with Crippen molar-refractivity contribution in [2.45, 2.75) is 12.1 Å². The van der Waals surface area contributed by atoms with E-state index in [1.807, 2.05) is 65.6 Å². The smallest absolute Gasteiger partial charge is 0.337 e. The van der Waals surface area contributed by atoms with E-state index < -0.39 is 0 Å². The van der Waals surface area contributed by atoms with Gasteiger partial charge >= 0.3 is 5.97 Å². The number of benzene rings is 2. The predicted octanol–water partition coefficient (Wildman–Crippen LogP) is 5.32. The summed E-state index contributed by atoms with van der Waals surface area (Å²) in [4.78, 5) is 18.4. The number of methoxy groups -OCH3 is 3. The van der Waals surface area contributed by atoms with Crippen LogP contribution in [0.3, 0.4) is 0 Å². The van der Waals surface area contributed by atoms with Crippen LogP contribution in [0.1, 0.15) is 33.9 Å². The lowest BCUT2D eigenvalue weighted by molar-refractivity contribution is 0.0600. The van der Waals surface area contributed by atoms with Crippen molar-refractivity contribution in [3.05, 3.63) is 96.0 Å². The van der Waals surface area contributed by atoms with Gasteiger partial charge in [-0.15, -0.1) is 0 Å². The molecule has 1 fully saturated rings. The Balaban J connectivity index is 1.57. The monoisotopic (exact) mass is 515 g/mol. The minimum absolute atomic E-state index is 0.277. The van der Waals surface area contributed by atoms with Crippen molar-refractivity contribution in [1.82, 2.24) is 10.3 Å². The molecule has 8 nitrogen and oxygen atoms in total. The number of aromatic nitrogens is 1. The molecular weight excluding hydrogens is 490 g/mol. The van der Waals surface area contributed by atoms with Gasteiger partial charge < -0.3 is 28.8 Å². The van der Waals surface area contributed by atoms with Gasteiger partial charge in [-0.25, -0.2) is 4.79 Å². The molecule has 0 radical (unpaired) electrons. The third kappa shape index (κ3) is 4.61. The maximum Gasteiger partial charge on any atom is 0.337 e. The summed E-state index contributed by atoms with van der Waals surface area (Å²) < 4.78 is 22.3. The number of thiocarbonyl (C=S) groups is 1. The van der Waals surface area contributed by atoms with Gasteiger partial charge in [-0.05, 0) is 60.7 Å². The highest BCUT2D eigenvalue weighted by Crippen LogP contribution is 2.46. The third-order valence-electron chi connectivity index (χ3n) is 6.25. The Labute approximate surface area is 219 Å². The number of ether oxygens (including phenoxy) is 3. The first-order chi connectivity index (χ1) is 18.0. The molecule has 2 unspecified atom stereocenters. The van der Waals surface area contributed by atoms with Gasteiger partial charge in [0.15, 0.2) is 5.11 Å². The van der Waals surface area contributed by atoms with Crippen molar-refractivity contribution in [3.63, 3.8) is 0 Å². The Bertz CT molecular complexity index is 1420.